The lowest BCUT2D eigenvalue weighted by Crippen LogP contribution is -2.37. The molecule has 0 spiro atoms. The molecule has 3 heteroatoms. The standard InChI is InChI=1S/C15H20N2O/c18-15(10-12-6-3-4-8-16-12)14-9-11-5-1-2-7-13(11)17-14/h3-4,6,8,11,13-14,17H,1-2,5,7,9-10H2. The Balaban J connectivity index is 1.60. The number of pyridine rings is 1. The van der Waals surface area contributed by atoms with E-state index < -0.39 is 0 Å². The van der Waals surface area contributed by atoms with Crippen molar-refractivity contribution in [1.29, 1.82) is 0 Å². The lowest BCUT2D eigenvalue weighted by molar-refractivity contribution is -0.120. The summed E-state index contributed by atoms with van der Waals surface area (Å²) in [5.74, 6) is 1.04. The van der Waals surface area contributed by atoms with Crippen LogP contribution in [-0.4, -0.2) is 22.9 Å². The summed E-state index contributed by atoms with van der Waals surface area (Å²) in [5.41, 5.74) is 0.888. The smallest absolute Gasteiger partial charge is 0.155 e. The van der Waals surface area contributed by atoms with Gasteiger partial charge < -0.3 is 5.32 Å². The maximum absolute atomic E-state index is 12.3. The van der Waals surface area contributed by atoms with Gasteiger partial charge >= 0.3 is 0 Å². The first-order chi connectivity index (χ1) is 8.83. The monoisotopic (exact) mass is 244 g/mol. The van der Waals surface area contributed by atoms with E-state index in [0.29, 0.717) is 18.2 Å². The summed E-state index contributed by atoms with van der Waals surface area (Å²) in [6.07, 6.45) is 8.46. The molecule has 0 radical (unpaired) electrons. The summed E-state index contributed by atoms with van der Waals surface area (Å²) < 4.78 is 0. The number of nitrogens with one attached hydrogen (secondary N) is 1. The number of carbonyl (C=O) groups excluding carboxylic acids is 1. The van der Waals surface area contributed by atoms with Gasteiger partial charge in [-0.2, -0.15) is 0 Å². The fraction of sp³-hybridized carbons (Fsp3) is 0.600. The molecule has 96 valence electrons. The Kier molecular flexibility index (Phi) is 3.41. The van der Waals surface area contributed by atoms with E-state index in [-0.39, 0.29) is 6.04 Å². The zero-order chi connectivity index (χ0) is 12.4. The number of carbonyl (C=O) groups is 1. The first kappa shape index (κ1) is 11.8. The SMILES string of the molecule is O=C(Cc1ccccn1)C1CC2CCCCC2N1. The molecule has 3 unspecified atom stereocenters. The number of fused-ring (bicyclic) bond motifs is 1. The lowest BCUT2D eigenvalue weighted by atomic mass is 9.84. The van der Waals surface area contributed by atoms with Gasteiger partial charge in [-0.05, 0) is 37.3 Å². The second kappa shape index (κ2) is 5.19. The molecule has 2 aliphatic rings. The quantitative estimate of drug-likeness (QED) is 0.885. The molecule has 1 aromatic heterocycles. The second-order valence-electron chi connectivity index (χ2n) is 5.57. The van der Waals surface area contributed by atoms with E-state index in [0.717, 1.165) is 18.0 Å². The molecule has 18 heavy (non-hydrogen) atoms. The van der Waals surface area contributed by atoms with Crippen LogP contribution in [0.15, 0.2) is 24.4 Å². The third-order valence-electron chi connectivity index (χ3n) is 4.33. The van der Waals surface area contributed by atoms with Crippen molar-refractivity contribution >= 4 is 5.78 Å². The fourth-order valence-corrected chi connectivity index (χ4v) is 3.37. The van der Waals surface area contributed by atoms with Gasteiger partial charge in [0.2, 0.25) is 0 Å². The van der Waals surface area contributed by atoms with Crippen LogP contribution in [0.25, 0.3) is 0 Å². The van der Waals surface area contributed by atoms with Gasteiger partial charge in [0.15, 0.2) is 5.78 Å². The zero-order valence-electron chi connectivity index (χ0n) is 10.6. The second-order valence-corrected chi connectivity index (χ2v) is 5.57. The van der Waals surface area contributed by atoms with E-state index in [4.69, 9.17) is 0 Å². The van der Waals surface area contributed by atoms with E-state index in [1.165, 1.54) is 25.7 Å². The van der Waals surface area contributed by atoms with Crippen LogP contribution in [0.3, 0.4) is 0 Å². The predicted octanol–water partition coefficient (Wildman–Crippen LogP) is 2.11. The molecule has 2 heterocycles. The summed E-state index contributed by atoms with van der Waals surface area (Å²) >= 11 is 0. The topological polar surface area (TPSA) is 42.0 Å². The molecular formula is C15H20N2O. The number of aromatic nitrogens is 1. The molecule has 1 aliphatic carbocycles. The van der Waals surface area contributed by atoms with Crippen LogP contribution in [0.1, 0.15) is 37.8 Å². The molecule has 1 aromatic rings. The Hall–Kier alpha value is -1.22. The molecular weight excluding hydrogens is 224 g/mol. The van der Waals surface area contributed by atoms with Crippen molar-refractivity contribution in [2.75, 3.05) is 0 Å². The number of rotatable bonds is 3. The molecule has 1 aliphatic heterocycles. The minimum Gasteiger partial charge on any atom is -0.304 e. The van der Waals surface area contributed by atoms with Crippen LogP contribution in [0.4, 0.5) is 0 Å². The number of nitrogens with zero attached hydrogens (tertiary/aromatic N) is 1. The molecule has 3 atom stereocenters. The molecule has 0 amide bonds. The van der Waals surface area contributed by atoms with Gasteiger partial charge in [0.05, 0.1) is 12.5 Å². The van der Waals surface area contributed by atoms with E-state index in [9.17, 15) is 4.79 Å². The van der Waals surface area contributed by atoms with Crippen LogP contribution in [0.5, 0.6) is 0 Å². The summed E-state index contributed by atoms with van der Waals surface area (Å²) in [5, 5.41) is 3.54. The highest BCUT2D eigenvalue weighted by molar-refractivity contribution is 5.86. The van der Waals surface area contributed by atoms with Crippen LogP contribution in [-0.2, 0) is 11.2 Å². The predicted molar refractivity (Wildman–Crippen MR) is 70.2 cm³/mol. The van der Waals surface area contributed by atoms with Gasteiger partial charge in [0.25, 0.3) is 0 Å². The van der Waals surface area contributed by atoms with Crippen molar-refractivity contribution in [2.24, 2.45) is 5.92 Å². The van der Waals surface area contributed by atoms with Crippen LogP contribution < -0.4 is 5.32 Å². The number of ketones is 1. The Bertz CT molecular complexity index is 404. The van der Waals surface area contributed by atoms with Crippen LogP contribution in [0, 0.1) is 5.92 Å². The molecule has 0 bridgehead atoms. The molecule has 2 fully saturated rings. The number of hydrogen-bond acceptors (Lipinski definition) is 3. The number of hydrogen-bond donors (Lipinski definition) is 1. The van der Waals surface area contributed by atoms with E-state index in [2.05, 4.69) is 10.3 Å². The molecule has 0 aromatic carbocycles. The normalized spacial score (nSPS) is 31.0. The summed E-state index contributed by atoms with van der Waals surface area (Å²) in [6.45, 7) is 0. The molecule has 3 nitrogen and oxygen atoms in total. The first-order valence-electron chi connectivity index (χ1n) is 7.01. The van der Waals surface area contributed by atoms with Gasteiger partial charge in [-0.25, -0.2) is 0 Å². The van der Waals surface area contributed by atoms with Crippen molar-refractivity contribution in [3.8, 4) is 0 Å². The van der Waals surface area contributed by atoms with Gasteiger partial charge in [-0.3, -0.25) is 9.78 Å². The average Bonchev–Trinajstić information content (AvgIpc) is 2.84. The van der Waals surface area contributed by atoms with Crippen molar-refractivity contribution in [3.05, 3.63) is 30.1 Å². The minimum atomic E-state index is 0.0695. The summed E-state index contributed by atoms with van der Waals surface area (Å²) in [7, 11) is 0. The van der Waals surface area contributed by atoms with Gasteiger partial charge in [-0.15, -0.1) is 0 Å². The maximum Gasteiger partial charge on any atom is 0.155 e. The molecule has 3 rings (SSSR count). The van der Waals surface area contributed by atoms with Crippen LogP contribution >= 0.6 is 0 Å². The highest BCUT2D eigenvalue weighted by Gasteiger charge is 2.37. The highest BCUT2D eigenvalue weighted by Crippen LogP contribution is 2.33. The Morgan fingerprint density at radius 1 is 1.33 bits per heavy atom. The van der Waals surface area contributed by atoms with E-state index >= 15 is 0 Å². The maximum atomic E-state index is 12.3. The van der Waals surface area contributed by atoms with Crippen molar-refractivity contribution < 1.29 is 4.79 Å². The molecule has 1 saturated carbocycles. The van der Waals surface area contributed by atoms with Crippen LogP contribution in [0.2, 0.25) is 0 Å². The van der Waals surface area contributed by atoms with E-state index in [1.54, 1.807) is 6.20 Å². The molecule has 1 N–H and O–H groups in total. The Labute approximate surface area is 108 Å². The summed E-state index contributed by atoms with van der Waals surface area (Å²) in [6, 6.07) is 6.42. The third kappa shape index (κ3) is 2.46. The van der Waals surface area contributed by atoms with Crippen molar-refractivity contribution in [3.63, 3.8) is 0 Å². The third-order valence-corrected chi connectivity index (χ3v) is 4.33. The lowest BCUT2D eigenvalue weighted by Gasteiger charge is -2.24. The fourth-order valence-electron chi connectivity index (χ4n) is 3.37. The first-order valence-corrected chi connectivity index (χ1v) is 7.01. The van der Waals surface area contributed by atoms with Gasteiger partial charge in [0.1, 0.15) is 0 Å². The van der Waals surface area contributed by atoms with Gasteiger partial charge in [-0.1, -0.05) is 18.9 Å². The minimum absolute atomic E-state index is 0.0695. The van der Waals surface area contributed by atoms with Crippen molar-refractivity contribution in [2.45, 2.75) is 50.6 Å². The Morgan fingerprint density at radius 2 is 2.22 bits per heavy atom. The highest BCUT2D eigenvalue weighted by atomic mass is 16.1. The molecule has 1 saturated heterocycles. The van der Waals surface area contributed by atoms with E-state index in [1.807, 2.05) is 18.2 Å². The van der Waals surface area contributed by atoms with Gasteiger partial charge in [0, 0.05) is 17.9 Å². The van der Waals surface area contributed by atoms with Crippen molar-refractivity contribution in [1.82, 2.24) is 10.3 Å². The average molecular weight is 244 g/mol. The largest absolute Gasteiger partial charge is 0.304 e. The number of Topliss-reactive ketones (excluding diaryl/α,β-unsaturated/α-hetero) is 1. The summed E-state index contributed by atoms with van der Waals surface area (Å²) in [4.78, 5) is 16.5. The Morgan fingerprint density at radius 3 is 3.00 bits per heavy atom. The zero-order valence-corrected chi connectivity index (χ0v) is 10.6.